The molecule has 0 unspecified atom stereocenters. The Hall–Kier alpha value is -1.52. The molecule has 0 bridgehead atoms. The molecule has 2 aliphatic rings. The lowest BCUT2D eigenvalue weighted by atomic mass is 9.98. The van der Waals surface area contributed by atoms with E-state index in [1.807, 2.05) is 6.07 Å². The number of hydrogen-bond acceptors (Lipinski definition) is 5. The minimum Gasteiger partial charge on any atom is -0.370 e. The lowest BCUT2D eigenvalue weighted by Gasteiger charge is -2.17. The van der Waals surface area contributed by atoms with E-state index in [4.69, 9.17) is 5.73 Å². The van der Waals surface area contributed by atoms with Gasteiger partial charge in [-0.15, -0.1) is 0 Å². The summed E-state index contributed by atoms with van der Waals surface area (Å²) in [7, 11) is 0. The molecule has 2 saturated carbocycles. The number of anilines is 3. The fourth-order valence-corrected chi connectivity index (χ4v) is 2.89. The molecule has 5 nitrogen and oxygen atoms in total. The van der Waals surface area contributed by atoms with Crippen LogP contribution in [0.1, 0.15) is 39.0 Å². The normalized spacial score (nSPS) is 18.3. The molecule has 110 valence electrons. The lowest BCUT2D eigenvalue weighted by Crippen LogP contribution is -2.19. The molecule has 0 amide bonds. The van der Waals surface area contributed by atoms with Crippen molar-refractivity contribution in [3.63, 3.8) is 0 Å². The van der Waals surface area contributed by atoms with Crippen LogP contribution in [0.5, 0.6) is 0 Å². The Morgan fingerprint density at radius 1 is 1.15 bits per heavy atom. The highest BCUT2D eigenvalue weighted by molar-refractivity contribution is 5.51. The Bertz CT molecular complexity index is 442. The van der Waals surface area contributed by atoms with Crippen LogP contribution in [-0.2, 0) is 0 Å². The molecular weight excluding hydrogens is 250 g/mol. The van der Waals surface area contributed by atoms with Crippen LogP contribution in [0.3, 0.4) is 0 Å². The summed E-state index contributed by atoms with van der Waals surface area (Å²) in [5, 5.41) is 6.74. The van der Waals surface area contributed by atoms with Crippen LogP contribution in [0.2, 0.25) is 0 Å². The molecule has 0 radical (unpaired) electrons. The van der Waals surface area contributed by atoms with Crippen molar-refractivity contribution in [3.8, 4) is 0 Å². The fourth-order valence-electron chi connectivity index (χ4n) is 2.89. The number of hydrogen-bond donors (Lipinski definition) is 3. The van der Waals surface area contributed by atoms with Gasteiger partial charge in [-0.25, -0.2) is 0 Å². The zero-order chi connectivity index (χ0) is 13.9. The maximum atomic E-state index is 5.78. The number of nitrogens with one attached hydrogen (secondary N) is 2. The predicted octanol–water partition coefficient (Wildman–Crippen LogP) is 2.73. The Balaban J connectivity index is 1.59. The lowest BCUT2D eigenvalue weighted by molar-refractivity contribution is 0.427. The molecule has 4 N–H and O–H groups in total. The molecule has 0 atom stereocenters. The first kappa shape index (κ1) is 13.5. The van der Waals surface area contributed by atoms with E-state index >= 15 is 0 Å². The summed E-state index contributed by atoms with van der Waals surface area (Å²) in [6, 6.07) is 1.96. The van der Waals surface area contributed by atoms with E-state index in [1.165, 1.54) is 25.7 Å². The average molecular weight is 275 g/mol. The van der Waals surface area contributed by atoms with Gasteiger partial charge in [-0.1, -0.05) is 6.92 Å². The van der Waals surface area contributed by atoms with Crippen LogP contribution in [0, 0.1) is 17.8 Å². The number of nitrogen functional groups attached to an aromatic ring is 1. The summed E-state index contributed by atoms with van der Waals surface area (Å²) in [6.45, 7) is 4.06. The van der Waals surface area contributed by atoms with Crippen LogP contribution in [-0.4, -0.2) is 23.1 Å². The van der Waals surface area contributed by atoms with Crippen molar-refractivity contribution in [1.29, 1.82) is 0 Å². The average Bonchev–Trinajstić information content (AvgIpc) is 3.28. The van der Waals surface area contributed by atoms with Gasteiger partial charge in [0.15, 0.2) is 0 Å². The van der Waals surface area contributed by atoms with Gasteiger partial charge in [-0.2, -0.15) is 9.97 Å². The monoisotopic (exact) mass is 275 g/mol. The highest BCUT2D eigenvalue weighted by atomic mass is 15.1. The predicted molar refractivity (Wildman–Crippen MR) is 82.7 cm³/mol. The smallest absolute Gasteiger partial charge is 0.223 e. The summed E-state index contributed by atoms with van der Waals surface area (Å²) in [4.78, 5) is 8.50. The summed E-state index contributed by atoms with van der Waals surface area (Å²) in [5.41, 5.74) is 5.78. The van der Waals surface area contributed by atoms with Gasteiger partial charge >= 0.3 is 0 Å². The highest BCUT2D eigenvalue weighted by Gasteiger charge is 2.41. The molecule has 1 aromatic heterocycles. The van der Waals surface area contributed by atoms with Crippen molar-refractivity contribution in [1.82, 2.24) is 9.97 Å². The van der Waals surface area contributed by atoms with Crippen LogP contribution in [0.25, 0.3) is 0 Å². The number of rotatable bonds is 8. The Kier molecular flexibility index (Phi) is 3.94. The zero-order valence-electron chi connectivity index (χ0n) is 12.2. The SMILES string of the molecule is CCCNc1cc(NCC(C2CC2)C2CC2)nc(N)n1. The van der Waals surface area contributed by atoms with Gasteiger partial charge in [-0.3, -0.25) is 0 Å². The molecule has 3 rings (SSSR count). The first-order chi connectivity index (χ1) is 9.76. The third kappa shape index (κ3) is 3.52. The summed E-state index contributed by atoms with van der Waals surface area (Å²) < 4.78 is 0. The molecule has 5 heteroatoms. The molecule has 2 fully saturated rings. The molecule has 1 aromatic rings. The fraction of sp³-hybridized carbons (Fsp3) is 0.733. The first-order valence-corrected chi connectivity index (χ1v) is 7.88. The van der Waals surface area contributed by atoms with Gasteiger partial charge in [0.05, 0.1) is 0 Å². The van der Waals surface area contributed by atoms with Gasteiger partial charge in [0.25, 0.3) is 0 Å². The minimum atomic E-state index is 0.336. The van der Waals surface area contributed by atoms with Crippen molar-refractivity contribution in [2.45, 2.75) is 39.0 Å². The summed E-state index contributed by atoms with van der Waals surface area (Å²) in [6.07, 6.45) is 6.73. The van der Waals surface area contributed by atoms with E-state index in [-0.39, 0.29) is 0 Å². The molecule has 0 saturated heterocycles. The van der Waals surface area contributed by atoms with E-state index in [2.05, 4.69) is 27.5 Å². The van der Waals surface area contributed by atoms with E-state index in [1.54, 1.807) is 0 Å². The highest BCUT2D eigenvalue weighted by Crippen LogP contribution is 2.49. The van der Waals surface area contributed by atoms with Crippen molar-refractivity contribution < 1.29 is 0 Å². The molecule has 0 aliphatic heterocycles. The van der Waals surface area contributed by atoms with Gasteiger partial charge in [0.2, 0.25) is 5.95 Å². The maximum Gasteiger partial charge on any atom is 0.223 e. The topological polar surface area (TPSA) is 75.9 Å². The second-order valence-electron chi connectivity index (χ2n) is 6.14. The Morgan fingerprint density at radius 2 is 1.75 bits per heavy atom. The van der Waals surface area contributed by atoms with Gasteiger partial charge in [0.1, 0.15) is 11.6 Å². The third-order valence-corrected chi connectivity index (χ3v) is 4.27. The van der Waals surface area contributed by atoms with Crippen LogP contribution in [0.15, 0.2) is 6.07 Å². The Labute approximate surface area is 120 Å². The Morgan fingerprint density at radius 3 is 2.30 bits per heavy atom. The molecule has 0 aromatic carbocycles. The van der Waals surface area contributed by atoms with E-state index in [0.29, 0.717) is 5.95 Å². The van der Waals surface area contributed by atoms with Crippen molar-refractivity contribution in [3.05, 3.63) is 6.07 Å². The van der Waals surface area contributed by atoms with Crippen molar-refractivity contribution >= 4 is 17.6 Å². The quantitative estimate of drug-likeness (QED) is 0.680. The first-order valence-electron chi connectivity index (χ1n) is 7.88. The molecular formula is C15H25N5. The second kappa shape index (κ2) is 5.85. The van der Waals surface area contributed by atoms with Crippen molar-refractivity contribution in [2.75, 3.05) is 29.5 Å². The molecule has 0 spiro atoms. The van der Waals surface area contributed by atoms with Gasteiger partial charge in [0, 0.05) is 19.2 Å². The summed E-state index contributed by atoms with van der Waals surface area (Å²) in [5.74, 6) is 4.73. The largest absolute Gasteiger partial charge is 0.370 e. The van der Waals surface area contributed by atoms with Crippen molar-refractivity contribution in [2.24, 2.45) is 17.8 Å². The van der Waals surface area contributed by atoms with Crippen LogP contribution in [0.4, 0.5) is 17.6 Å². The molecule has 1 heterocycles. The zero-order valence-corrected chi connectivity index (χ0v) is 12.2. The number of aromatic nitrogens is 2. The van der Waals surface area contributed by atoms with Gasteiger partial charge < -0.3 is 16.4 Å². The molecule has 20 heavy (non-hydrogen) atoms. The van der Waals surface area contributed by atoms with Gasteiger partial charge in [-0.05, 0) is 49.9 Å². The van der Waals surface area contributed by atoms with Crippen LogP contribution >= 0.6 is 0 Å². The number of nitrogens with zero attached hydrogens (tertiary/aromatic N) is 2. The summed E-state index contributed by atoms with van der Waals surface area (Å²) >= 11 is 0. The van der Waals surface area contributed by atoms with Crippen LogP contribution < -0.4 is 16.4 Å². The number of nitrogens with two attached hydrogens (primary N) is 1. The second-order valence-corrected chi connectivity index (χ2v) is 6.14. The standard InChI is InChI=1S/C15H25N5/c1-2-7-17-13-8-14(20-15(16)19-13)18-9-12(10-3-4-10)11-5-6-11/h8,10-12H,2-7,9H2,1H3,(H4,16,17,18,19,20). The third-order valence-electron chi connectivity index (χ3n) is 4.27. The van der Waals surface area contributed by atoms with E-state index in [9.17, 15) is 0 Å². The minimum absolute atomic E-state index is 0.336. The van der Waals surface area contributed by atoms with E-state index in [0.717, 1.165) is 48.9 Å². The molecule has 2 aliphatic carbocycles. The van der Waals surface area contributed by atoms with E-state index < -0.39 is 0 Å². The maximum absolute atomic E-state index is 5.78.